The summed E-state index contributed by atoms with van der Waals surface area (Å²) in [6.45, 7) is -0.373. The van der Waals surface area contributed by atoms with E-state index in [9.17, 15) is 9.18 Å². The lowest BCUT2D eigenvalue weighted by atomic mass is 10.2. The Morgan fingerprint density at radius 2 is 2.33 bits per heavy atom. The molecule has 0 spiro atoms. The Hall–Kier alpha value is -2.51. The molecule has 0 fully saturated rings. The zero-order valence-electron chi connectivity index (χ0n) is 9.37. The molecule has 0 saturated carbocycles. The smallest absolute Gasteiger partial charge is 0.325 e. The maximum atomic E-state index is 13.2. The summed E-state index contributed by atoms with van der Waals surface area (Å²) in [5.74, 6) is -1.32. The molecule has 1 N–H and O–H groups in total. The van der Waals surface area contributed by atoms with E-state index >= 15 is 0 Å². The first-order valence-electron chi connectivity index (χ1n) is 4.93. The summed E-state index contributed by atoms with van der Waals surface area (Å²) < 4.78 is 19.2. The predicted octanol–water partition coefficient (Wildman–Crippen LogP) is 0.572. The Balaban J connectivity index is 2.42. The molecule has 94 valence electrons. The van der Waals surface area contributed by atoms with Gasteiger partial charge in [0.05, 0.1) is 7.11 Å². The van der Waals surface area contributed by atoms with Gasteiger partial charge in [-0.3, -0.25) is 4.79 Å². The fraction of sp³-hybridized carbons (Fsp3) is 0.200. The zero-order chi connectivity index (χ0) is 13.1. The maximum Gasteiger partial charge on any atom is 0.325 e. The summed E-state index contributed by atoms with van der Waals surface area (Å²) in [6.07, 6.45) is 0. The first-order valence-corrected chi connectivity index (χ1v) is 4.93. The van der Waals surface area contributed by atoms with Crippen LogP contribution in [0.1, 0.15) is 0 Å². The van der Waals surface area contributed by atoms with E-state index in [1.807, 2.05) is 0 Å². The second kappa shape index (κ2) is 4.78. The molecule has 8 heteroatoms. The fourth-order valence-electron chi connectivity index (χ4n) is 1.44. The van der Waals surface area contributed by atoms with E-state index in [1.54, 1.807) is 0 Å². The molecule has 1 aromatic carbocycles. The van der Waals surface area contributed by atoms with Crippen LogP contribution in [0.4, 0.5) is 4.39 Å². The van der Waals surface area contributed by atoms with E-state index in [0.717, 1.165) is 4.68 Å². The minimum absolute atomic E-state index is 0.0392. The van der Waals surface area contributed by atoms with Gasteiger partial charge < -0.3 is 9.84 Å². The Kier molecular flexibility index (Phi) is 3.18. The first-order chi connectivity index (χ1) is 8.61. The topological polar surface area (TPSA) is 90.1 Å². The van der Waals surface area contributed by atoms with Crippen molar-refractivity contribution in [3.63, 3.8) is 0 Å². The van der Waals surface area contributed by atoms with Crippen LogP contribution in [0, 0.1) is 5.82 Å². The number of aliphatic carboxylic acids is 1. The van der Waals surface area contributed by atoms with Crippen LogP contribution in [0.5, 0.6) is 5.75 Å². The highest BCUT2D eigenvalue weighted by molar-refractivity contribution is 5.68. The van der Waals surface area contributed by atoms with Crippen molar-refractivity contribution in [3.05, 3.63) is 24.0 Å². The van der Waals surface area contributed by atoms with Crippen LogP contribution in [0.15, 0.2) is 18.2 Å². The number of carboxylic acid groups (broad SMARTS) is 1. The molecular formula is C10H9FN4O3. The van der Waals surface area contributed by atoms with Gasteiger partial charge in [-0.25, -0.2) is 9.07 Å². The standard InChI is InChI=1S/C10H9FN4O3/c1-18-8-4-6(2-3-7(8)11)10-12-13-14-15(10)5-9(16)17/h2-4H,5H2,1H3,(H,16,17). The number of nitrogens with zero attached hydrogens (tertiary/aromatic N) is 4. The van der Waals surface area contributed by atoms with Crippen molar-refractivity contribution < 1.29 is 19.0 Å². The van der Waals surface area contributed by atoms with Gasteiger partial charge in [0.25, 0.3) is 0 Å². The van der Waals surface area contributed by atoms with Crippen molar-refractivity contribution in [1.29, 1.82) is 0 Å². The SMILES string of the molecule is COc1cc(-c2nnnn2CC(=O)O)ccc1F. The number of hydrogen-bond acceptors (Lipinski definition) is 5. The summed E-state index contributed by atoms with van der Waals surface area (Å²) in [6, 6.07) is 4.05. The van der Waals surface area contributed by atoms with Crippen LogP contribution >= 0.6 is 0 Å². The van der Waals surface area contributed by atoms with Crippen LogP contribution in [-0.4, -0.2) is 38.4 Å². The lowest BCUT2D eigenvalue weighted by molar-refractivity contribution is -0.137. The third-order valence-corrected chi connectivity index (χ3v) is 2.23. The number of benzene rings is 1. The lowest BCUT2D eigenvalue weighted by Gasteiger charge is -2.05. The van der Waals surface area contributed by atoms with Gasteiger partial charge in [-0.15, -0.1) is 5.10 Å². The Morgan fingerprint density at radius 1 is 1.56 bits per heavy atom. The summed E-state index contributed by atoms with van der Waals surface area (Å²) in [5.41, 5.74) is 0.472. The molecule has 1 heterocycles. The van der Waals surface area contributed by atoms with Crippen LogP contribution in [0.25, 0.3) is 11.4 Å². The summed E-state index contributed by atoms with van der Waals surface area (Å²) in [4.78, 5) is 10.6. The number of methoxy groups -OCH3 is 1. The molecule has 0 atom stereocenters. The van der Waals surface area contributed by atoms with Crippen molar-refractivity contribution in [2.75, 3.05) is 7.11 Å². The Morgan fingerprint density at radius 3 is 3.00 bits per heavy atom. The van der Waals surface area contributed by atoms with Gasteiger partial charge in [0.1, 0.15) is 6.54 Å². The van der Waals surface area contributed by atoms with Crippen molar-refractivity contribution in [1.82, 2.24) is 20.2 Å². The molecule has 0 amide bonds. The van der Waals surface area contributed by atoms with Gasteiger partial charge in [0, 0.05) is 5.56 Å². The quantitative estimate of drug-likeness (QED) is 0.855. The largest absolute Gasteiger partial charge is 0.494 e. The average molecular weight is 252 g/mol. The number of aromatic nitrogens is 4. The van der Waals surface area contributed by atoms with E-state index in [2.05, 4.69) is 15.5 Å². The predicted molar refractivity (Wildman–Crippen MR) is 57.4 cm³/mol. The third kappa shape index (κ3) is 2.26. The van der Waals surface area contributed by atoms with Crippen LogP contribution in [0.3, 0.4) is 0 Å². The monoisotopic (exact) mass is 252 g/mol. The molecule has 0 bridgehead atoms. The Labute approximate surface area is 101 Å². The van der Waals surface area contributed by atoms with E-state index in [-0.39, 0.29) is 18.1 Å². The van der Waals surface area contributed by atoms with Crippen molar-refractivity contribution >= 4 is 5.97 Å². The van der Waals surface area contributed by atoms with E-state index < -0.39 is 11.8 Å². The van der Waals surface area contributed by atoms with E-state index in [0.29, 0.717) is 5.56 Å². The average Bonchev–Trinajstić information content (AvgIpc) is 2.77. The second-order valence-corrected chi connectivity index (χ2v) is 3.40. The molecule has 0 saturated heterocycles. The molecule has 2 rings (SSSR count). The van der Waals surface area contributed by atoms with Crippen LogP contribution < -0.4 is 4.74 Å². The number of tetrazole rings is 1. The molecule has 18 heavy (non-hydrogen) atoms. The molecule has 1 aromatic heterocycles. The molecule has 0 aliphatic rings. The number of halogens is 1. The van der Waals surface area contributed by atoms with Crippen molar-refractivity contribution in [3.8, 4) is 17.1 Å². The molecular weight excluding hydrogens is 243 g/mol. The number of rotatable bonds is 4. The minimum atomic E-state index is -1.07. The number of carbonyl (C=O) groups is 1. The molecule has 0 radical (unpaired) electrons. The van der Waals surface area contributed by atoms with Gasteiger partial charge in [-0.05, 0) is 28.6 Å². The zero-order valence-corrected chi connectivity index (χ0v) is 9.37. The highest BCUT2D eigenvalue weighted by atomic mass is 19.1. The second-order valence-electron chi connectivity index (χ2n) is 3.40. The number of hydrogen-bond donors (Lipinski definition) is 1. The van der Waals surface area contributed by atoms with E-state index in [4.69, 9.17) is 9.84 Å². The minimum Gasteiger partial charge on any atom is -0.494 e. The Bertz CT molecular complexity index is 584. The normalized spacial score (nSPS) is 10.3. The van der Waals surface area contributed by atoms with Crippen LogP contribution in [-0.2, 0) is 11.3 Å². The van der Waals surface area contributed by atoms with Gasteiger partial charge >= 0.3 is 5.97 Å². The van der Waals surface area contributed by atoms with Gasteiger partial charge in [-0.1, -0.05) is 0 Å². The summed E-state index contributed by atoms with van der Waals surface area (Å²) in [5, 5.41) is 19.4. The van der Waals surface area contributed by atoms with Crippen LogP contribution in [0.2, 0.25) is 0 Å². The molecule has 7 nitrogen and oxygen atoms in total. The molecule has 0 aliphatic carbocycles. The third-order valence-electron chi connectivity index (χ3n) is 2.23. The summed E-state index contributed by atoms with van der Waals surface area (Å²) in [7, 11) is 1.34. The summed E-state index contributed by atoms with van der Waals surface area (Å²) >= 11 is 0. The highest BCUT2D eigenvalue weighted by Crippen LogP contribution is 2.24. The fourth-order valence-corrected chi connectivity index (χ4v) is 1.44. The number of ether oxygens (including phenoxy) is 1. The van der Waals surface area contributed by atoms with E-state index in [1.165, 1.54) is 25.3 Å². The number of carboxylic acids is 1. The first kappa shape index (κ1) is 12.0. The van der Waals surface area contributed by atoms with Gasteiger partial charge in [-0.2, -0.15) is 0 Å². The van der Waals surface area contributed by atoms with Gasteiger partial charge in [0.2, 0.25) is 0 Å². The molecule has 0 unspecified atom stereocenters. The molecule has 0 aliphatic heterocycles. The highest BCUT2D eigenvalue weighted by Gasteiger charge is 2.13. The lowest BCUT2D eigenvalue weighted by Crippen LogP contribution is -2.11. The molecule has 2 aromatic rings. The maximum absolute atomic E-state index is 13.2. The van der Waals surface area contributed by atoms with Gasteiger partial charge in [0.15, 0.2) is 17.4 Å². The van der Waals surface area contributed by atoms with Crippen molar-refractivity contribution in [2.45, 2.75) is 6.54 Å². The van der Waals surface area contributed by atoms with Crippen molar-refractivity contribution in [2.24, 2.45) is 0 Å².